The number of thioether (sulfide) groups is 3. The maximum absolute atomic E-state index is 15.8. The van der Waals surface area contributed by atoms with Crippen molar-refractivity contribution in [2.75, 3.05) is 47.6 Å². The molecule has 5 aromatic carbocycles. The third-order valence-electron chi connectivity index (χ3n) is 23.7. The van der Waals surface area contributed by atoms with Gasteiger partial charge in [0.25, 0.3) is 0 Å². The van der Waals surface area contributed by atoms with Crippen molar-refractivity contribution < 1.29 is 102 Å². The van der Waals surface area contributed by atoms with Gasteiger partial charge >= 0.3 is 11.9 Å². The zero-order valence-corrected chi connectivity index (χ0v) is 79.0. The van der Waals surface area contributed by atoms with Crippen LogP contribution in [0.5, 0.6) is 0 Å². The number of carbonyl (C=O) groups is 18. The summed E-state index contributed by atoms with van der Waals surface area (Å²) in [5.41, 5.74) is 17.7. The fourth-order valence-corrected chi connectivity index (χ4v) is 19.2. The Bertz CT molecular complexity index is 5650. The van der Waals surface area contributed by atoms with Gasteiger partial charge in [0.2, 0.25) is 94.5 Å². The van der Waals surface area contributed by atoms with E-state index in [2.05, 4.69) is 68.5 Å². The van der Waals surface area contributed by atoms with E-state index in [4.69, 9.17) is 11.5 Å². The van der Waals surface area contributed by atoms with Crippen molar-refractivity contribution in [1.82, 2.24) is 88.1 Å². The molecule has 7 aromatic rings. The van der Waals surface area contributed by atoms with Gasteiger partial charge in [0.15, 0.2) is 0 Å². The minimum absolute atomic E-state index is 0.0320. The molecule has 40 nitrogen and oxygen atoms in total. The van der Waals surface area contributed by atoms with Gasteiger partial charge in [0.05, 0.1) is 42.4 Å². The molecule has 137 heavy (non-hydrogen) atoms. The van der Waals surface area contributed by atoms with Crippen molar-refractivity contribution >= 4 is 164 Å². The van der Waals surface area contributed by atoms with Gasteiger partial charge in [-0.3, -0.25) is 86.3 Å². The number of rotatable bonds is 15. The van der Waals surface area contributed by atoms with E-state index in [1.165, 1.54) is 30.6 Å². The molecule has 16 amide bonds. The summed E-state index contributed by atoms with van der Waals surface area (Å²) < 4.78 is 0. The zero-order valence-electron chi connectivity index (χ0n) is 76.6. The van der Waals surface area contributed by atoms with Crippen LogP contribution in [0.15, 0.2) is 134 Å². The molecule has 4 aliphatic heterocycles. The monoisotopic (exact) mass is 1940 g/mol. The highest BCUT2D eigenvalue weighted by atomic mass is 32.2. The van der Waals surface area contributed by atoms with Crippen LogP contribution in [0.3, 0.4) is 0 Å². The molecule has 20 N–H and O–H groups in total. The van der Waals surface area contributed by atoms with Crippen LogP contribution in [0.4, 0.5) is 0 Å². The van der Waals surface area contributed by atoms with Gasteiger partial charge in [-0.2, -0.15) is 0 Å². The van der Waals surface area contributed by atoms with E-state index in [-0.39, 0.29) is 81.7 Å². The number of aromatic amines is 2. The predicted octanol–water partition coefficient (Wildman–Crippen LogP) is 0.0812. The quantitative estimate of drug-likeness (QED) is 0.0646. The Morgan fingerprint density at radius 2 is 0.912 bits per heavy atom. The first-order valence-corrected chi connectivity index (χ1v) is 48.5. The largest absolute Gasteiger partial charge is 0.481 e. The Balaban J connectivity index is 1.01. The number of aliphatic hydroxyl groups is 1. The SMILES string of the molecule is CC(C)[C@@H]1NC(=O)[C@H](Cc2c[nH]c3ccccc23)NC(=O)[C@@H]2CSCC(=O)N3Cc4cccc(c4)CN(Cc4cccc(c4)CN(Cc4cccc(c4)C3)C(=O)CSC[C@H](NC(=O)[C@H](C)N)C(=O)N[C@@H]([C@@H](C)O)C(=O)N[C@@H](CCC(=O)O)C(=O)N2)C(=O)CSC[C@@H](C(N)=O)NC(=O)[C@@H]2CCCN2C(=O)[C@H](C(C)C)NC(=O)[C@H](Cc2c[nH]c3ccccc23)NC(=O)CNC(=O)[C@H](CC(=O)O)NC1=O. The van der Waals surface area contributed by atoms with Crippen LogP contribution in [0.1, 0.15) is 118 Å². The number of carboxylic acid groups (broad SMARTS) is 2. The number of H-pyrrole nitrogens is 2. The Hall–Kier alpha value is -13.4. The fraction of sp³-hybridized carbons (Fsp3) is 0.447. The molecule has 2 aromatic heterocycles. The number of carboxylic acids is 2. The molecular weight excluding hydrogens is 1830 g/mol. The second kappa shape index (κ2) is 48.9. The number of primary amides is 1. The smallest absolute Gasteiger partial charge is 0.305 e. The van der Waals surface area contributed by atoms with E-state index in [1.54, 1.807) is 139 Å². The number of aromatic nitrogens is 2. The van der Waals surface area contributed by atoms with E-state index < -0.39 is 241 Å². The van der Waals surface area contributed by atoms with Gasteiger partial charge in [0.1, 0.15) is 66.5 Å². The summed E-state index contributed by atoms with van der Waals surface area (Å²) in [5, 5.41) is 61.1. The molecule has 0 saturated carbocycles. The van der Waals surface area contributed by atoms with Gasteiger partial charge in [-0.1, -0.05) is 137 Å². The molecule has 13 atom stereocenters. The van der Waals surface area contributed by atoms with Crippen LogP contribution >= 0.6 is 35.3 Å². The van der Waals surface area contributed by atoms with Crippen LogP contribution < -0.4 is 70.0 Å². The van der Waals surface area contributed by atoms with Crippen molar-refractivity contribution in [1.29, 1.82) is 0 Å². The highest BCUT2D eigenvalue weighted by Gasteiger charge is 2.43. The summed E-state index contributed by atoms with van der Waals surface area (Å²) in [6.45, 7) is 7.36. The van der Waals surface area contributed by atoms with Crippen molar-refractivity contribution in [3.05, 3.63) is 178 Å². The normalized spacial score (nSPS) is 23.6. The molecule has 4 aliphatic rings. The van der Waals surface area contributed by atoms with Crippen molar-refractivity contribution in [3.8, 4) is 0 Å². The molecule has 1 fully saturated rings. The van der Waals surface area contributed by atoms with E-state index >= 15 is 33.6 Å². The van der Waals surface area contributed by atoms with Gasteiger partial charge < -0.3 is 115 Å². The molecule has 732 valence electrons. The van der Waals surface area contributed by atoms with Crippen LogP contribution in [0, 0.1) is 11.8 Å². The lowest BCUT2D eigenvalue weighted by molar-refractivity contribution is -0.143. The summed E-state index contributed by atoms with van der Waals surface area (Å²) in [6.07, 6.45) is -1.49. The number of hydrogen-bond acceptors (Lipinski definition) is 23. The first kappa shape index (κ1) is 104. The first-order chi connectivity index (χ1) is 65.3. The maximum atomic E-state index is 15.8. The van der Waals surface area contributed by atoms with Gasteiger partial charge in [0, 0.05) is 117 Å². The second-order valence-corrected chi connectivity index (χ2v) is 38.3. The average molecular weight is 1950 g/mol. The van der Waals surface area contributed by atoms with Crippen LogP contribution in [0.2, 0.25) is 0 Å². The molecular formula is C94H117N19O21S3. The molecule has 0 unspecified atom stereocenters. The van der Waals surface area contributed by atoms with E-state index in [1.807, 2.05) is 18.2 Å². The molecule has 11 rings (SSSR count). The molecule has 0 radical (unpaired) electrons. The summed E-state index contributed by atoms with van der Waals surface area (Å²) in [5.74, 6) is -21.9. The van der Waals surface area contributed by atoms with Crippen molar-refractivity contribution in [2.24, 2.45) is 23.3 Å². The molecule has 43 heteroatoms. The Morgan fingerprint density at radius 3 is 1.39 bits per heavy atom. The van der Waals surface area contributed by atoms with E-state index in [0.29, 0.717) is 72.7 Å². The number of nitrogens with one attached hydrogen (secondary N) is 13. The lowest BCUT2D eigenvalue weighted by Crippen LogP contribution is -2.62. The highest BCUT2D eigenvalue weighted by Crippen LogP contribution is 2.28. The average Bonchev–Trinajstić information content (AvgIpc) is 1.69. The molecule has 0 aliphatic carbocycles. The third-order valence-corrected chi connectivity index (χ3v) is 26.8. The number of nitrogens with two attached hydrogens (primary N) is 2. The fourth-order valence-electron chi connectivity index (χ4n) is 16.4. The van der Waals surface area contributed by atoms with Crippen molar-refractivity contribution in [2.45, 2.75) is 204 Å². The summed E-state index contributed by atoms with van der Waals surface area (Å²) in [7, 11) is 0. The third kappa shape index (κ3) is 29.3. The second-order valence-electron chi connectivity index (χ2n) is 35.2. The number of carbonyl (C=O) groups excluding carboxylic acids is 16. The van der Waals surface area contributed by atoms with Crippen molar-refractivity contribution in [3.63, 3.8) is 0 Å². The molecule has 1 saturated heterocycles. The Kier molecular flexibility index (Phi) is 37.1. The van der Waals surface area contributed by atoms with E-state index in [9.17, 15) is 68.1 Å². The zero-order chi connectivity index (χ0) is 99.0. The summed E-state index contributed by atoms with van der Waals surface area (Å²) in [6, 6.07) is 15.7. The lowest BCUT2D eigenvalue weighted by Gasteiger charge is -2.32. The minimum Gasteiger partial charge on any atom is -0.481 e. The standard InChI is InChI=1S/C94H117N19O21S3/c1-50(2)80-92(132)103-69(34-79(121)122)85(125)99-37-74(115)100-67(32-60-35-97-64-23-9-7-21-62(60)64)87(127)108-81(51(3)4)94(134)113-28-14-25-73(113)91(131)104-70(83(96)123)44-135-47-75(116)110-38-54-15-11-17-56(29-54)40-111-41-58-19-13-20-59(31-58)43-112(42-57-18-12-16-55(30-57)39-110)77(118)49-137-46-72(105-84(124)52(5)95)90(130)109-82(53(6)114)93(133)101-66(26-27-78(119)120)86(126)106-71(45-136-48-76(111)117)89(129)102-68(88(128)107-80)33-61-36-98-65-24-10-8-22-63(61)65/h7-13,15-24,29-31,35-36,50-53,66-73,80-82,97-98,114H,14,25-28,32-34,37-49,95H2,1-6H3,(H2,96,123)(H,99,125)(H,100,115)(H,101,133)(H,102,129)(H,103,132)(H,104,131)(H,105,124)(H,106,126)(H,107,128)(H,108,127)(H,109,130)(H,119,120)(H,121,122)/t52-,53+,66-,67-,68-,69-,70-,71-,72-,73-,80-,81-,82-/m0/s1. The minimum atomic E-state index is -1.99. The van der Waals surface area contributed by atoms with Gasteiger partial charge in [-0.05, 0) is 102 Å². The van der Waals surface area contributed by atoms with Crippen LogP contribution in [-0.4, -0.2) is 278 Å². The number of aliphatic carboxylic acids is 2. The van der Waals surface area contributed by atoms with E-state index in [0.717, 1.165) is 42.2 Å². The van der Waals surface area contributed by atoms with Crippen LogP contribution in [-0.2, 0) is 138 Å². The summed E-state index contributed by atoms with van der Waals surface area (Å²) >= 11 is 2.70. The number of fused-ring (bicyclic) bond motifs is 11. The molecule has 10 bridgehead atoms. The number of para-hydroxylation sites is 2. The number of benzene rings is 5. The Labute approximate surface area is 802 Å². The highest BCUT2D eigenvalue weighted by molar-refractivity contribution is 8.00. The van der Waals surface area contributed by atoms with Gasteiger partial charge in [-0.15, -0.1) is 35.3 Å². The maximum Gasteiger partial charge on any atom is 0.305 e. The number of aliphatic hydroxyl groups excluding tert-OH is 1. The number of hydrogen-bond donors (Lipinski definition) is 18. The molecule has 6 heterocycles. The van der Waals surface area contributed by atoms with Crippen LogP contribution in [0.25, 0.3) is 21.8 Å². The Morgan fingerprint density at radius 1 is 0.467 bits per heavy atom. The van der Waals surface area contributed by atoms with Gasteiger partial charge in [-0.25, -0.2) is 0 Å². The lowest BCUT2D eigenvalue weighted by atomic mass is 9.99. The number of nitrogens with zero attached hydrogens (tertiary/aromatic N) is 4. The predicted molar refractivity (Wildman–Crippen MR) is 508 cm³/mol. The topological polar surface area (TPSA) is 597 Å². The molecule has 0 spiro atoms. The number of amides is 16. The first-order valence-electron chi connectivity index (χ1n) is 45.0. The summed E-state index contributed by atoms with van der Waals surface area (Å²) in [4.78, 5) is 274.